The monoisotopic (exact) mass is 294 g/mol. The van der Waals surface area contributed by atoms with E-state index in [0.717, 1.165) is 12.0 Å². The van der Waals surface area contributed by atoms with Gasteiger partial charge in [0.2, 0.25) is 5.79 Å². The van der Waals surface area contributed by atoms with Crippen LogP contribution in [0.3, 0.4) is 0 Å². The van der Waals surface area contributed by atoms with Crippen LogP contribution in [0.25, 0.3) is 0 Å². The minimum Gasteiger partial charge on any atom is -0.425 e. The topological polar surface area (TPSA) is 72.8 Å². The highest BCUT2D eigenvalue weighted by Gasteiger charge is 2.48. The van der Waals surface area contributed by atoms with E-state index in [9.17, 15) is 14.7 Å². The fraction of sp³-hybridized carbons (Fsp3) is 0.625. The molecule has 0 amide bonds. The summed E-state index contributed by atoms with van der Waals surface area (Å²) < 4.78 is 10.5. The zero-order valence-corrected chi connectivity index (χ0v) is 12.9. The number of ether oxygens (including phenoxy) is 2. The van der Waals surface area contributed by atoms with E-state index in [0.29, 0.717) is 0 Å². The van der Waals surface area contributed by atoms with Gasteiger partial charge in [0.05, 0.1) is 11.7 Å². The molecule has 5 heteroatoms. The largest absolute Gasteiger partial charge is 0.425 e. The molecule has 5 nitrogen and oxygen atoms in total. The summed E-state index contributed by atoms with van der Waals surface area (Å²) in [6, 6.07) is 0. The lowest BCUT2D eigenvalue weighted by atomic mass is 9.85. The van der Waals surface area contributed by atoms with Gasteiger partial charge in [-0.2, -0.15) is 0 Å². The second-order valence-corrected chi connectivity index (χ2v) is 6.11. The number of carbonyl (C=O) groups is 2. The molecule has 1 aliphatic heterocycles. The quantitative estimate of drug-likeness (QED) is 0.590. The summed E-state index contributed by atoms with van der Waals surface area (Å²) in [7, 11) is 1.62. The van der Waals surface area contributed by atoms with E-state index in [1.165, 1.54) is 6.92 Å². The number of carbonyl (C=O) groups excluding carboxylic acids is 2. The summed E-state index contributed by atoms with van der Waals surface area (Å²) >= 11 is 0. The predicted octanol–water partition coefficient (Wildman–Crippen LogP) is 1.90. The molecule has 2 rings (SSSR count). The standard InChI is InChI=1S/C16H22O5/c1-9-5-12(20-4)6-10(2)8-16(19)14(13(17)7-9)11(3)15(18)21-16/h6,9,12,19H,5,7-8H2,1-4H3/b10-6+/t9-,12-,16+/m0/s1. The Bertz CT molecular complexity index is 531. The third-order valence-corrected chi connectivity index (χ3v) is 4.07. The van der Waals surface area contributed by atoms with Gasteiger partial charge in [-0.15, -0.1) is 0 Å². The number of fused-ring (bicyclic) bond motifs is 1. The Morgan fingerprint density at radius 2 is 2.05 bits per heavy atom. The summed E-state index contributed by atoms with van der Waals surface area (Å²) in [5, 5.41) is 10.7. The van der Waals surface area contributed by atoms with Crippen molar-refractivity contribution >= 4 is 11.8 Å². The van der Waals surface area contributed by atoms with Crippen molar-refractivity contribution in [1.82, 2.24) is 0 Å². The molecule has 1 heterocycles. The van der Waals surface area contributed by atoms with Gasteiger partial charge in [-0.1, -0.05) is 18.6 Å². The van der Waals surface area contributed by atoms with Crippen LogP contribution >= 0.6 is 0 Å². The highest BCUT2D eigenvalue weighted by Crippen LogP contribution is 2.38. The third kappa shape index (κ3) is 3.09. The molecule has 0 saturated heterocycles. The van der Waals surface area contributed by atoms with Crippen molar-refractivity contribution in [3.8, 4) is 0 Å². The molecule has 0 aromatic heterocycles. The molecule has 1 aliphatic carbocycles. The summed E-state index contributed by atoms with van der Waals surface area (Å²) in [6.07, 6.45) is 2.88. The SMILES string of the molecule is CO[C@@H]1/C=C(\C)C[C@@]2(O)OC(=O)C(C)=C2C(=O)C[C@@H](C)C1. The molecule has 0 saturated carbocycles. The van der Waals surface area contributed by atoms with Crippen molar-refractivity contribution in [3.05, 3.63) is 22.8 Å². The van der Waals surface area contributed by atoms with Gasteiger partial charge in [0.15, 0.2) is 5.78 Å². The summed E-state index contributed by atoms with van der Waals surface area (Å²) in [5.74, 6) is -2.60. The number of methoxy groups -OCH3 is 1. The number of Topliss-reactive ketones (excluding diaryl/α,β-unsaturated/α-hetero) is 1. The Balaban J connectivity index is 2.46. The van der Waals surface area contributed by atoms with Crippen molar-refractivity contribution in [3.63, 3.8) is 0 Å². The molecule has 0 radical (unpaired) electrons. The van der Waals surface area contributed by atoms with Crippen molar-refractivity contribution < 1.29 is 24.2 Å². The number of aliphatic hydroxyl groups is 1. The molecule has 0 spiro atoms. The lowest BCUT2D eigenvalue weighted by Gasteiger charge is -2.28. The maximum Gasteiger partial charge on any atom is 0.337 e. The molecular weight excluding hydrogens is 272 g/mol. The van der Waals surface area contributed by atoms with Crippen LogP contribution in [0, 0.1) is 5.92 Å². The molecule has 3 atom stereocenters. The molecule has 0 unspecified atom stereocenters. The molecule has 0 fully saturated rings. The van der Waals surface area contributed by atoms with Crippen LogP contribution in [-0.4, -0.2) is 35.9 Å². The van der Waals surface area contributed by atoms with Crippen LogP contribution in [0.1, 0.15) is 40.0 Å². The number of hydrogen-bond donors (Lipinski definition) is 1. The zero-order valence-electron chi connectivity index (χ0n) is 12.9. The average Bonchev–Trinajstić information content (AvgIpc) is 2.57. The van der Waals surface area contributed by atoms with E-state index < -0.39 is 11.8 Å². The molecule has 21 heavy (non-hydrogen) atoms. The van der Waals surface area contributed by atoms with E-state index in [1.54, 1.807) is 7.11 Å². The minimum atomic E-state index is -1.84. The maximum atomic E-state index is 12.5. The number of ketones is 1. The van der Waals surface area contributed by atoms with Crippen LogP contribution in [0.5, 0.6) is 0 Å². The molecule has 0 aromatic carbocycles. The first-order valence-corrected chi connectivity index (χ1v) is 7.17. The minimum absolute atomic E-state index is 0.0878. The Hall–Kier alpha value is -1.46. The van der Waals surface area contributed by atoms with E-state index >= 15 is 0 Å². The van der Waals surface area contributed by atoms with Crippen molar-refractivity contribution in [2.24, 2.45) is 5.92 Å². The van der Waals surface area contributed by atoms with Gasteiger partial charge in [-0.25, -0.2) is 4.79 Å². The normalized spacial score (nSPS) is 36.9. The van der Waals surface area contributed by atoms with Gasteiger partial charge < -0.3 is 14.6 Å². The Kier molecular flexibility index (Phi) is 4.35. The summed E-state index contributed by atoms with van der Waals surface area (Å²) in [6.45, 7) is 5.32. The van der Waals surface area contributed by atoms with Gasteiger partial charge >= 0.3 is 5.97 Å². The van der Waals surface area contributed by atoms with Crippen LogP contribution < -0.4 is 0 Å². The van der Waals surface area contributed by atoms with Gasteiger partial charge in [-0.05, 0) is 26.2 Å². The first-order chi connectivity index (χ1) is 9.76. The molecule has 2 aliphatic rings. The van der Waals surface area contributed by atoms with Crippen LogP contribution in [0.4, 0.5) is 0 Å². The van der Waals surface area contributed by atoms with Gasteiger partial charge in [0.1, 0.15) is 0 Å². The van der Waals surface area contributed by atoms with Crippen molar-refractivity contribution in [2.75, 3.05) is 7.11 Å². The number of esters is 1. The third-order valence-electron chi connectivity index (χ3n) is 4.07. The van der Waals surface area contributed by atoms with Crippen molar-refractivity contribution in [2.45, 2.75) is 51.9 Å². The molecule has 0 aromatic rings. The molecule has 1 N–H and O–H groups in total. The van der Waals surface area contributed by atoms with Crippen LogP contribution in [-0.2, 0) is 19.1 Å². The zero-order chi connectivity index (χ0) is 15.8. The Labute approximate surface area is 124 Å². The van der Waals surface area contributed by atoms with Gasteiger partial charge in [0.25, 0.3) is 0 Å². The van der Waals surface area contributed by atoms with E-state index in [-0.39, 0.29) is 41.8 Å². The fourth-order valence-electron chi connectivity index (χ4n) is 3.11. The highest BCUT2D eigenvalue weighted by molar-refractivity contribution is 6.07. The second-order valence-electron chi connectivity index (χ2n) is 6.11. The van der Waals surface area contributed by atoms with Crippen molar-refractivity contribution in [1.29, 1.82) is 0 Å². The van der Waals surface area contributed by atoms with Crippen LogP contribution in [0.2, 0.25) is 0 Å². The first kappa shape index (κ1) is 15.9. The smallest absolute Gasteiger partial charge is 0.337 e. The Morgan fingerprint density at radius 3 is 2.67 bits per heavy atom. The maximum absolute atomic E-state index is 12.5. The summed E-state index contributed by atoms with van der Waals surface area (Å²) in [4.78, 5) is 24.2. The highest BCUT2D eigenvalue weighted by atomic mass is 16.7. The van der Waals surface area contributed by atoms with E-state index in [1.807, 2.05) is 19.9 Å². The lowest BCUT2D eigenvalue weighted by molar-refractivity contribution is -0.181. The average molecular weight is 294 g/mol. The van der Waals surface area contributed by atoms with Gasteiger partial charge in [-0.3, -0.25) is 4.79 Å². The first-order valence-electron chi connectivity index (χ1n) is 7.17. The fourth-order valence-corrected chi connectivity index (χ4v) is 3.11. The second kappa shape index (κ2) is 5.73. The molecule has 0 bridgehead atoms. The molecule has 116 valence electrons. The number of rotatable bonds is 1. The van der Waals surface area contributed by atoms with E-state index in [4.69, 9.17) is 9.47 Å². The van der Waals surface area contributed by atoms with Crippen LogP contribution in [0.15, 0.2) is 22.8 Å². The predicted molar refractivity (Wildman–Crippen MR) is 76.3 cm³/mol. The number of hydrogen-bond acceptors (Lipinski definition) is 5. The van der Waals surface area contributed by atoms with Gasteiger partial charge in [0, 0.05) is 25.5 Å². The lowest BCUT2D eigenvalue weighted by Crippen LogP contribution is -2.36. The summed E-state index contributed by atoms with van der Waals surface area (Å²) in [5.41, 5.74) is 1.15. The molecular formula is C16H22O5. The Morgan fingerprint density at radius 1 is 1.38 bits per heavy atom. The van der Waals surface area contributed by atoms with E-state index in [2.05, 4.69) is 0 Å².